The SMILES string of the molecule is CCCC[C@H](NC(=O)CCCC(=O)N(C)C)C(=O)O. The molecule has 0 aliphatic carbocycles. The Labute approximate surface area is 114 Å². The smallest absolute Gasteiger partial charge is 0.326 e. The first-order chi connectivity index (χ1) is 8.88. The van der Waals surface area contributed by atoms with E-state index in [9.17, 15) is 14.4 Å². The molecule has 0 bridgehead atoms. The lowest BCUT2D eigenvalue weighted by Crippen LogP contribution is -2.40. The summed E-state index contributed by atoms with van der Waals surface area (Å²) < 4.78 is 0. The third kappa shape index (κ3) is 8.18. The molecule has 0 rings (SSSR count). The monoisotopic (exact) mass is 272 g/mol. The Morgan fingerprint density at radius 2 is 1.79 bits per heavy atom. The zero-order valence-corrected chi connectivity index (χ0v) is 11.9. The predicted molar refractivity (Wildman–Crippen MR) is 71.6 cm³/mol. The summed E-state index contributed by atoms with van der Waals surface area (Å²) in [6, 6.07) is -0.822. The number of amides is 2. The van der Waals surface area contributed by atoms with Gasteiger partial charge in [-0.05, 0) is 12.8 Å². The summed E-state index contributed by atoms with van der Waals surface area (Å²) in [5.74, 6) is -1.35. The molecule has 1 atom stereocenters. The van der Waals surface area contributed by atoms with E-state index in [-0.39, 0.29) is 18.2 Å². The van der Waals surface area contributed by atoms with Crippen molar-refractivity contribution < 1.29 is 19.5 Å². The van der Waals surface area contributed by atoms with Crippen molar-refractivity contribution in [3.8, 4) is 0 Å². The number of carboxylic acid groups (broad SMARTS) is 1. The second-order valence-corrected chi connectivity index (χ2v) is 4.74. The summed E-state index contributed by atoms with van der Waals surface area (Å²) >= 11 is 0. The molecule has 110 valence electrons. The second kappa shape index (κ2) is 9.35. The van der Waals surface area contributed by atoms with Crippen molar-refractivity contribution >= 4 is 17.8 Å². The largest absolute Gasteiger partial charge is 0.480 e. The number of nitrogens with one attached hydrogen (secondary N) is 1. The maximum atomic E-state index is 11.6. The quantitative estimate of drug-likeness (QED) is 0.655. The second-order valence-electron chi connectivity index (χ2n) is 4.74. The summed E-state index contributed by atoms with van der Waals surface area (Å²) in [5.41, 5.74) is 0. The number of carbonyl (C=O) groups excluding carboxylic acids is 2. The number of rotatable bonds is 9. The van der Waals surface area contributed by atoms with E-state index in [1.54, 1.807) is 14.1 Å². The zero-order chi connectivity index (χ0) is 14.8. The number of aliphatic carboxylic acids is 1. The molecule has 0 fully saturated rings. The van der Waals surface area contributed by atoms with Crippen LogP contribution < -0.4 is 5.32 Å². The van der Waals surface area contributed by atoms with Crippen molar-refractivity contribution in [3.05, 3.63) is 0 Å². The lowest BCUT2D eigenvalue weighted by atomic mass is 10.1. The molecule has 19 heavy (non-hydrogen) atoms. The third-order valence-corrected chi connectivity index (χ3v) is 2.77. The van der Waals surface area contributed by atoms with Crippen molar-refractivity contribution in [2.75, 3.05) is 14.1 Å². The molecule has 0 unspecified atom stereocenters. The first kappa shape index (κ1) is 17.4. The molecule has 0 spiro atoms. The number of hydrogen-bond acceptors (Lipinski definition) is 3. The summed E-state index contributed by atoms with van der Waals surface area (Å²) in [7, 11) is 3.32. The van der Waals surface area contributed by atoms with Gasteiger partial charge in [-0.1, -0.05) is 19.8 Å². The zero-order valence-electron chi connectivity index (χ0n) is 11.9. The van der Waals surface area contributed by atoms with Gasteiger partial charge in [0.05, 0.1) is 0 Å². The fourth-order valence-electron chi connectivity index (χ4n) is 1.56. The van der Waals surface area contributed by atoms with Gasteiger partial charge in [0.25, 0.3) is 0 Å². The molecule has 6 heteroatoms. The van der Waals surface area contributed by atoms with Crippen LogP contribution in [-0.4, -0.2) is 47.9 Å². The number of unbranched alkanes of at least 4 members (excludes halogenated alkanes) is 1. The maximum absolute atomic E-state index is 11.6. The van der Waals surface area contributed by atoms with Crippen LogP contribution in [0.3, 0.4) is 0 Å². The third-order valence-electron chi connectivity index (χ3n) is 2.77. The summed E-state index contributed by atoms with van der Waals surface area (Å²) in [4.78, 5) is 35.3. The number of carboxylic acids is 1. The molecule has 0 aliphatic heterocycles. The van der Waals surface area contributed by atoms with E-state index in [4.69, 9.17) is 5.11 Å². The Bertz CT molecular complexity index is 316. The molecule has 0 saturated carbocycles. The molecule has 0 radical (unpaired) electrons. The Morgan fingerprint density at radius 3 is 2.26 bits per heavy atom. The molecule has 6 nitrogen and oxygen atoms in total. The number of nitrogens with zero attached hydrogens (tertiary/aromatic N) is 1. The Morgan fingerprint density at radius 1 is 1.16 bits per heavy atom. The van der Waals surface area contributed by atoms with Crippen LogP contribution in [0.5, 0.6) is 0 Å². The predicted octanol–water partition coefficient (Wildman–Crippen LogP) is 1.00. The van der Waals surface area contributed by atoms with E-state index in [0.717, 1.165) is 12.8 Å². The molecule has 0 aliphatic rings. The molecule has 0 aromatic carbocycles. The van der Waals surface area contributed by atoms with E-state index >= 15 is 0 Å². The van der Waals surface area contributed by atoms with Crippen molar-refractivity contribution in [3.63, 3.8) is 0 Å². The van der Waals surface area contributed by atoms with Gasteiger partial charge in [-0.25, -0.2) is 4.79 Å². The van der Waals surface area contributed by atoms with Gasteiger partial charge >= 0.3 is 5.97 Å². The molecule has 2 N–H and O–H groups in total. The van der Waals surface area contributed by atoms with E-state index in [1.807, 2.05) is 6.92 Å². The van der Waals surface area contributed by atoms with Gasteiger partial charge in [-0.3, -0.25) is 9.59 Å². The van der Waals surface area contributed by atoms with Gasteiger partial charge in [0, 0.05) is 26.9 Å². The molecule has 0 heterocycles. The fourth-order valence-corrected chi connectivity index (χ4v) is 1.56. The van der Waals surface area contributed by atoms with Crippen LogP contribution in [0.15, 0.2) is 0 Å². The average Bonchev–Trinajstić information content (AvgIpc) is 2.33. The van der Waals surface area contributed by atoms with Crippen molar-refractivity contribution in [2.24, 2.45) is 0 Å². The van der Waals surface area contributed by atoms with Gasteiger partial charge in [0.1, 0.15) is 6.04 Å². The van der Waals surface area contributed by atoms with Gasteiger partial charge < -0.3 is 15.3 Å². The van der Waals surface area contributed by atoms with Gasteiger partial charge in [0.2, 0.25) is 11.8 Å². The summed E-state index contributed by atoms with van der Waals surface area (Å²) in [5, 5.41) is 11.5. The first-order valence-electron chi connectivity index (χ1n) is 6.60. The van der Waals surface area contributed by atoms with Gasteiger partial charge in [0.15, 0.2) is 0 Å². The van der Waals surface area contributed by atoms with Crippen LogP contribution in [0, 0.1) is 0 Å². The van der Waals surface area contributed by atoms with Gasteiger partial charge in [-0.2, -0.15) is 0 Å². The molecule has 0 aromatic heterocycles. The van der Waals surface area contributed by atoms with Crippen LogP contribution in [0.4, 0.5) is 0 Å². The maximum Gasteiger partial charge on any atom is 0.326 e. The highest BCUT2D eigenvalue weighted by Gasteiger charge is 2.19. The Balaban J connectivity index is 3.99. The van der Waals surface area contributed by atoms with Crippen LogP contribution in [0.2, 0.25) is 0 Å². The minimum atomic E-state index is -1.01. The van der Waals surface area contributed by atoms with E-state index < -0.39 is 12.0 Å². The number of hydrogen-bond donors (Lipinski definition) is 2. The average molecular weight is 272 g/mol. The van der Waals surface area contributed by atoms with Crippen LogP contribution in [0.1, 0.15) is 45.4 Å². The molecule has 0 aromatic rings. The lowest BCUT2D eigenvalue weighted by Gasteiger charge is -2.14. The molecule has 2 amide bonds. The minimum absolute atomic E-state index is 0.0337. The normalized spacial score (nSPS) is 11.7. The van der Waals surface area contributed by atoms with E-state index in [1.165, 1.54) is 4.90 Å². The van der Waals surface area contributed by atoms with Crippen LogP contribution in [0.25, 0.3) is 0 Å². The minimum Gasteiger partial charge on any atom is -0.480 e. The number of carbonyl (C=O) groups is 3. The van der Waals surface area contributed by atoms with E-state index in [2.05, 4.69) is 5.32 Å². The summed E-state index contributed by atoms with van der Waals surface area (Å²) in [6.45, 7) is 1.97. The molecule has 0 saturated heterocycles. The Kier molecular flexibility index (Phi) is 8.57. The molecular weight excluding hydrogens is 248 g/mol. The van der Waals surface area contributed by atoms with Crippen LogP contribution >= 0.6 is 0 Å². The highest BCUT2D eigenvalue weighted by molar-refractivity contribution is 5.84. The summed E-state index contributed by atoms with van der Waals surface area (Å²) in [6.07, 6.45) is 2.99. The first-order valence-corrected chi connectivity index (χ1v) is 6.60. The van der Waals surface area contributed by atoms with E-state index in [0.29, 0.717) is 19.3 Å². The highest BCUT2D eigenvalue weighted by atomic mass is 16.4. The Hall–Kier alpha value is -1.59. The van der Waals surface area contributed by atoms with Crippen molar-refractivity contribution in [1.29, 1.82) is 0 Å². The van der Waals surface area contributed by atoms with Crippen LogP contribution in [-0.2, 0) is 14.4 Å². The highest BCUT2D eigenvalue weighted by Crippen LogP contribution is 2.03. The standard InChI is InChI=1S/C13H24N2O4/c1-4-5-7-10(13(18)19)14-11(16)8-6-9-12(17)15(2)3/h10H,4-9H2,1-3H3,(H,14,16)(H,18,19)/t10-/m0/s1. The molecular formula is C13H24N2O4. The topological polar surface area (TPSA) is 86.7 Å². The fraction of sp³-hybridized carbons (Fsp3) is 0.769. The van der Waals surface area contributed by atoms with Crippen molar-refractivity contribution in [2.45, 2.75) is 51.5 Å². The van der Waals surface area contributed by atoms with Crippen molar-refractivity contribution in [1.82, 2.24) is 10.2 Å². The van der Waals surface area contributed by atoms with Gasteiger partial charge in [-0.15, -0.1) is 0 Å². The lowest BCUT2D eigenvalue weighted by molar-refractivity contribution is -0.142.